The zero-order valence-electron chi connectivity index (χ0n) is 10.6. The molecule has 0 heterocycles. The van der Waals surface area contributed by atoms with Crippen LogP contribution in [0, 0.1) is 5.82 Å². The summed E-state index contributed by atoms with van der Waals surface area (Å²) in [5.74, 6) is -1.03. The fourth-order valence-electron chi connectivity index (χ4n) is 1.72. The lowest BCUT2D eigenvalue weighted by molar-refractivity contribution is 0.102. The summed E-state index contributed by atoms with van der Waals surface area (Å²) in [5, 5.41) is 11.5. The number of hydrogen-bond acceptors (Lipinski definition) is 2. The molecule has 2 aromatic rings. The van der Waals surface area contributed by atoms with Gasteiger partial charge in [0.2, 0.25) is 0 Å². The van der Waals surface area contributed by atoms with Crippen LogP contribution in [0.15, 0.2) is 42.5 Å². The van der Waals surface area contributed by atoms with Gasteiger partial charge in [-0.1, -0.05) is 23.7 Å². The third-order valence-corrected chi connectivity index (χ3v) is 3.10. The highest BCUT2D eigenvalue weighted by Gasteiger charge is 2.09. The number of amides is 1. The van der Waals surface area contributed by atoms with E-state index in [1.54, 1.807) is 12.1 Å². The van der Waals surface area contributed by atoms with Crippen LogP contribution in [0.1, 0.15) is 15.9 Å². The maximum atomic E-state index is 13.3. The van der Waals surface area contributed by atoms with Crippen molar-refractivity contribution < 1.29 is 14.3 Å². The second-order valence-electron chi connectivity index (χ2n) is 4.25. The summed E-state index contributed by atoms with van der Waals surface area (Å²) < 4.78 is 13.3. The number of benzene rings is 2. The monoisotopic (exact) mass is 293 g/mol. The molecule has 2 aromatic carbocycles. The van der Waals surface area contributed by atoms with Crippen molar-refractivity contribution in [1.82, 2.24) is 0 Å². The number of hydrogen-bond donors (Lipinski definition) is 2. The van der Waals surface area contributed by atoms with Crippen molar-refractivity contribution in [3.05, 3.63) is 64.4 Å². The lowest BCUT2D eigenvalue weighted by Crippen LogP contribution is -2.12. The largest absolute Gasteiger partial charge is 0.396 e. The fourth-order valence-corrected chi connectivity index (χ4v) is 1.84. The molecule has 2 N–H and O–H groups in total. The van der Waals surface area contributed by atoms with Crippen LogP contribution in [0.3, 0.4) is 0 Å². The first-order valence-corrected chi connectivity index (χ1v) is 6.44. The quantitative estimate of drug-likeness (QED) is 0.909. The predicted octanol–water partition coefficient (Wildman–Crippen LogP) is 3.27. The molecule has 0 saturated carbocycles. The van der Waals surface area contributed by atoms with E-state index in [0.717, 1.165) is 11.6 Å². The van der Waals surface area contributed by atoms with E-state index in [-0.39, 0.29) is 17.2 Å². The summed E-state index contributed by atoms with van der Waals surface area (Å²) in [7, 11) is 0. The number of aliphatic hydroxyl groups excluding tert-OH is 1. The van der Waals surface area contributed by atoms with Crippen LogP contribution in [0.4, 0.5) is 10.1 Å². The molecule has 20 heavy (non-hydrogen) atoms. The maximum Gasteiger partial charge on any atom is 0.255 e. The summed E-state index contributed by atoms with van der Waals surface area (Å²) in [4.78, 5) is 11.9. The Balaban J connectivity index is 2.08. The molecular formula is C15H13ClFNO2. The van der Waals surface area contributed by atoms with Crippen molar-refractivity contribution >= 4 is 23.2 Å². The molecule has 0 aromatic heterocycles. The Morgan fingerprint density at radius 1 is 1.20 bits per heavy atom. The Morgan fingerprint density at radius 2 is 1.90 bits per heavy atom. The number of anilines is 1. The highest BCUT2D eigenvalue weighted by Crippen LogP contribution is 2.17. The van der Waals surface area contributed by atoms with Crippen LogP contribution in [0.25, 0.3) is 0 Å². The van der Waals surface area contributed by atoms with Crippen molar-refractivity contribution in [2.75, 3.05) is 11.9 Å². The van der Waals surface area contributed by atoms with Gasteiger partial charge >= 0.3 is 0 Å². The first kappa shape index (κ1) is 14.5. The lowest BCUT2D eigenvalue weighted by Gasteiger charge is -2.07. The first-order valence-electron chi connectivity index (χ1n) is 6.06. The van der Waals surface area contributed by atoms with Gasteiger partial charge in [0.15, 0.2) is 0 Å². The molecule has 0 unspecified atom stereocenters. The van der Waals surface area contributed by atoms with Gasteiger partial charge in [0, 0.05) is 17.9 Å². The summed E-state index contributed by atoms with van der Waals surface area (Å²) >= 11 is 5.57. The number of rotatable bonds is 4. The SMILES string of the molecule is O=C(Nc1ccc(CCO)cc1)c1ccc(Cl)c(F)c1. The number of carbonyl (C=O) groups excluding carboxylic acids is 1. The van der Waals surface area contributed by atoms with E-state index in [9.17, 15) is 9.18 Å². The topological polar surface area (TPSA) is 49.3 Å². The van der Waals surface area contributed by atoms with Gasteiger partial charge in [-0.05, 0) is 42.3 Å². The van der Waals surface area contributed by atoms with Crippen LogP contribution >= 0.6 is 11.6 Å². The van der Waals surface area contributed by atoms with E-state index in [4.69, 9.17) is 16.7 Å². The summed E-state index contributed by atoms with van der Waals surface area (Å²) in [6.45, 7) is 0.0791. The van der Waals surface area contributed by atoms with Gasteiger partial charge in [-0.2, -0.15) is 0 Å². The van der Waals surface area contributed by atoms with Gasteiger partial charge in [0.25, 0.3) is 5.91 Å². The van der Waals surface area contributed by atoms with Crippen molar-refractivity contribution in [3.8, 4) is 0 Å². The maximum absolute atomic E-state index is 13.3. The highest BCUT2D eigenvalue weighted by atomic mass is 35.5. The molecule has 2 rings (SSSR count). The normalized spacial score (nSPS) is 10.3. The van der Waals surface area contributed by atoms with Gasteiger partial charge in [-0.3, -0.25) is 4.79 Å². The third kappa shape index (κ3) is 3.56. The average Bonchev–Trinajstić information content (AvgIpc) is 2.44. The van der Waals surface area contributed by atoms with Crippen LogP contribution in [-0.2, 0) is 6.42 Å². The van der Waals surface area contributed by atoms with Gasteiger partial charge in [0.1, 0.15) is 5.82 Å². The van der Waals surface area contributed by atoms with Gasteiger partial charge in [-0.15, -0.1) is 0 Å². The number of carbonyl (C=O) groups is 1. The molecule has 0 aliphatic heterocycles. The fraction of sp³-hybridized carbons (Fsp3) is 0.133. The van der Waals surface area contributed by atoms with E-state index < -0.39 is 11.7 Å². The second-order valence-corrected chi connectivity index (χ2v) is 4.66. The van der Waals surface area contributed by atoms with E-state index >= 15 is 0 Å². The van der Waals surface area contributed by atoms with E-state index in [1.807, 2.05) is 12.1 Å². The van der Waals surface area contributed by atoms with E-state index in [0.29, 0.717) is 12.1 Å². The minimum Gasteiger partial charge on any atom is -0.396 e. The van der Waals surface area contributed by atoms with Gasteiger partial charge < -0.3 is 10.4 Å². The van der Waals surface area contributed by atoms with Crippen LogP contribution in [0.5, 0.6) is 0 Å². The molecule has 0 radical (unpaired) electrons. The van der Waals surface area contributed by atoms with E-state index in [2.05, 4.69) is 5.32 Å². The highest BCUT2D eigenvalue weighted by molar-refractivity contribution is 6.30. The van der Waals surface area contributed by atoms with Crippen molar-refractivity contribution in [2.24, 2.45) is 0 Å². The summed E-state index contributed by atoms with van der Waals surface area (Å²) in [6, 6.07) is 11.0. The van der Waals surface area contributed by atoms with Crippen molar-refractivity contribution in [3.63, 3.8) is 0 Å². The minimum atomic E-state index is -0.627. The molecule has 5 heteroatoms. The van der Waals surface area contributed by atoms with E-state index in [1.165, 1.54) is 12.1 Å². The molecule has 3 nitrogen and oxygen atoms in total. The summed E-state index contributed by atoms with van der Waals surface area (Å²) in [6.07, 6.45) is 0.566. The molecular weight excluding hydrogens is 281 g/mol. The molecule has 0 bridgehead atoms. The molecule has 0 atom stereocenters. The molecule has 0 aliphatic carbocycles. The van der Waals surface area contributed by atoms with Crippen LogP contribution in [-0.4, -0.2) is 17.6 Å². The first-order chi connectivity index (χ1) is 9.60. The number of halogens is 2. The number of nitrogens with one attached hydrogen (secondary N) is 1. The minimum absolute atomic E-state index is 0.0186. The van der Waals surface area contributed by atoms with Gasteiger partial charge in [-0.25, -0.2) is 4.39 Å². The molecule has 0 fully saturated rings. The van der Waals surface area contributed by atoms with Crippen molar-refractivity contribution in [2.45, 2.75) is 6.42 Å². The third-order valence-electron chi connectivity index (χ3n) is 2.79. The van der Waals surface area contributed by atoms with Crippen molar-refractivity contribution in [1.29, 1.82) is 0 Å². The molecule has 0 aliphatic rings. The Bertz CT molecular complexity index is 614. The Labute approximate surface area is 121 Å². The second kappa shape index (κ2) is 6.50. The Kier molecular flexibility index (Phi) is 4.71. The zero-order chi connectivity index (χ0) is 14.5. The van der Waals surface area contributed by atoms with Gasteiger partial charge in [0.05, 0.1) is 5.02 Å². The molecule has 0 saturated heterocycles. The molecule has 1 amide bonds. The molecule has 104 valence electrons. The standard InChI is InChI=1S/C15H13ClFNO2/c16-13-6-3-11(9-14(13)17)15(20)18-12-4-1-10(2-5-12)7-8-19/h1-6,9,19H,7-8H2,(H,18,20). The average molecular weight is 294 g/mol. The Hall–Kier alpha value is -1.91. The smallest absolute Gasteiger partial charge is 0.255 e. The summed E-state index contributed by atoms with van der Waals surface area (Å²) in [5.41, 5.74) is 1.78. The lowest BCUT2D eigenvalue weighted by atomic mass is 10.1. The Morgan fingerprint density at radius 3 is 2.50 bits per heavy atom. The van der Waals surface area contributed by atoms with Crippen LogP contribution < -0.4 is 5.32 Å². The zero-order valence-corrected chi connectivity index (χ0v) is 11.3. The number of aliphatic hydroxyl groups is 1. The van der Waals surface area contributed by atoms with Crippen LogP contribution in [0.2, 0.25) is 5.02 Å². The molecule has 0 spiro atoms. The predicted molar refractivity (Wildman–Crippen MR) is 76.6 cm³/mol.